The number of hydrogen-bond acceptors (Lipinski definition) is 2. The van der Waals surface area contributed by atoms with Crippen molar-refractivity contribution in [3.05, 3.63) is 30.3 Å². The Bertz CT molecular complexity index is 310. The van der Waals surface area contributed by atoms with Crippen molar-refractivity contribution in [2.45, 2.75) is 10.7 Å². The maximum Gasteiger partial charge on any atom is 0.164 e. The van der Waals surface area contributed by atoms with Gasteiger partial charge in [0.2, 0.25) is 0 Å². The third-order valence-electron chi connectivity index (χ3n) is 2.76. The fraction of sp³-hybridized carbons (Fsp3) is 0.500. The van der Waals surface area contributed by atoms with Gasteiger partial charge in [0.25, 0.3) is 0 Å². The van der Waals surface area contributed by atoms with Crippen LogP contribution in [0, 0.1) is 0 Å². The molecule has 1 saturated heterocycles. The lowest BCUT2D eigenvalue weighted by Gasteiger charge is -2.29. The van der Waals surface area contributed by atoms with E-state index in [2.05, 4.69) is 67.2 Å². The molecule has 1 aromatic rings. The van der Waals surface area contributed by atoms with E-state index in [-0.39, 0.29) is 12.4 Å². The molecule has 0 amide bonds. The summed E-state index contributed by atoms with van der Waals surface area (Å²) in [6.07, 6.45) is 1.39. The first-order chi connectivity index (χ1) is 7.21. The minimum absolute atomic E-state index is 0. The first kappa shape index (κ1) is 14.7. The number of benzene rings is 1. The van der Waals surface area contributed by atoms with E-state index in [0.717, 1.165) is 4.32 Å². The van der Waals surface area contributed by atoms with Gasteiger partial charge < -0.3 is 12.4 Å². The van der Waals surface area contributed by atoms with Crippen LogP contribution in [-0.2, 0) is 0 Å². The predicted molar refractivity (Wildman–Crippen MR) is 78.2 cm³/mol. The summed E-state index contributed by atoms with van der Waals surface area (Å²) < 4.78 is 0.827. The molecule has 90 valence electrons. The highest BCUT2D eigenvalue weighted by Gasteiger charge is 2.40. The smallest absolute Gasteiger partial charge is 0.164 e. The summed E-state index contributed by atoms with van der Waals surface area (Å²) in [6.45, 7) is 4.97. The molecule has 0 radical (unpaired) electrons. The molecular formula is C12H18ClPS2. The lowest BCUT2D eigenvalue weighted by molar-refractivity contribution is -0.00000308. The molecule has 2 rings (SSSR count). The fourth-order valence-electron chi connectivity index (χ4n) is 1.78. The second-order valence-electron chi connectivity index (χ2n) is 4.28. The molecule has 0 spiro atoms. The molecule has 1 aliphatic rings. The number of hydrogen-bond donors (Lipinski definition) is 0. The topological polar surface area (TPSA) is 0 Å². The molecule has 0 aromatic heterocycles. The van der Waals surface area contributed by atoms with Crippen LogP contribution in [0.4, 0.5) is 0 Å². The molecule has 0 unspecified atom stereocenters. The minimum atomic E-state index is -0.944. The zero-order valence-corrected chi connectivity index (χ0v) is 13.0. The molecule has 16 heavy (non-hydrogen) atoms. The van der Waals surface area contributed by atoms with Gasteiger partial charge in [-0.1, -0.05) is 18.2 Å². The van der Waals surface area contributed by atoms with Gasteiger partial charge in [-0.25, -0.2) is 0 Å². The van der Waals surface area contributed by atoms with Crippen LogP contribution in [0.5, 0.6) is 0 Å². The van der Waals surface area contributed by atoms with Crippen LogP contribution >= 0.6 is 30.8 Å². The quantitative estimate of drug-likeness (QED) is 0.738. The van der Waals surface area contributed by atoms with E-state index in [1.54, 1.807) is 5.30 Å². The molecule has 1 heterocycles. The molecule has 0 N–H and O–H groups in total. The van der Waals surface area contributed by atoms with E-state index in [0.29, 0.717) is 0 Å². The maximum atomic E-state index is 2.48. The Kier molecular flexibility index (Phi) is 6.01. The summed E-state index contributed by atoms with van der Waals surface area (Å²) in [5.74, 6) is 2.71. The van der Waals surface area contributed by atoms with E-state index < -0.39 is 7.26 Å². The second-order valence-corrected chi connectivity index (χ2v) is 11.8. The van der Waals surface area contributed by atoms with Crippen molar-refractivity contribution in [2.75, 3.05) is 24.8 Å². The third-order valence-corrected chi connectivity index (χ3v) is 11.9. The Morgan fingerprint density at radius 3 is 2.19 bits per heavy atom. The van der Waals surface area contributed by atoms with Gasteiger partial charge in [0.05, 0.1) is 25.9 Å². The first-order valence-electron chi connectivity index (χ1n) is 5.34. The van der Waals surface area contributed by atoms with E-state index >= 15 is 0 Å². The molecule has 0 bridgehead atoms. The summed E-state index contributed by atoms with van der Waals surface area (Å²) in [6, 6.07) is 11.1. The second kappa shape index (κ2) is 6.54. The van der Waals surface area contributed by atoms with Gasteiger partial charge >= 0.3 is 0 Å². The Morgan fingerprint density at radius 1 is 1.06 bits per heavy atom. The summed E-state index contributed by atoms with van der Waals surface area (Å²) in [7, 11) is -0.944. The summed E-state index contributed by atoms with van der Waals surface area (Å²) in [5, 5.41) is 1.58. The van der Waals surface area contributed by atoms with E-state index in [9.17, 15) is 0 Å². The fourth-order valence-corrected chi connectivity index (χ4v) is 9.48. The highest BCUT2D eigenvalue weighted by atomic mass is 35.5. The van der Waals surface area contributed by atoms with Gasteiger partial charge in [-0.05, 0) is 30.1 Å². The summed E-state index contributed by atoms with van der Waals surface area (Å²) >= 11 is 4.35. The zero-order chi connectivity index (χ0) is 10.7. The van der Waals surface area contributed by atoms with Crippen molar-refractivity contribution in [1.29, 1.82) is 0 Å². The Morgan fingerprint density at radius 2 is 1.62 bits per heavy atom. The standard InChI is InChI=1S/C12H18PS2.ClH/c1-13(2,11-7-4-3-5-8-11)12-14-9-6-10-15-12;/h3-5,7-8,12H,6,9-10H2,1-2H3;1H/q+1;/p-1. The minimum Gasteiger partial charge on any atom is -1.00 e. The molecule has 1 aliphatic heterocycles. The van der Waals surface area contributed by atoms with Crippen molar-refractivity contribution >= 4 is 36.1 Å². The van der Waals surface area contributed by atoms with Crippen LogP contribution in [0.3, 0.4) is 0 Å². The normalized spacial score (nSPS) is 17.9. The van der Waals surface area contributed by atoms with Crippen molar-refractivity contribution in [3.8, 4) is 0 Å². The highest BCUT2D eigenvalue weighted by molar-refractivity contribution is 8.27. The monoisotopic (exact) mass is 292 g/mol. The average Bonchev–Trinajstić information content (AvgIpc) is 2.31. The molecular weight excluding hydrogens is 275 g/mol. The van der Waals surface area contributed by atoms with Crippen LogP contribution < -0.4 is 17.7 Å². The molecule has 0 nitrogen and oxygen atoms in total. The largest absolute Gasteiger partial charge is 1.00 e. The van der Waals surface area contributed by atoms with Crippen molar-refractivity contribution in [1.82, 2.24) is 0 Å². The van der Waals surface area contributed by atoms with Crippen molar-refractivity contribution in [3.63, 3.8) is 0 Å². The van der Waals surface area contributed by atoms with Crippen molar-refractivity contribution < 1.29 is 12.4 Å². The molecule has 0 atom stereocenters. The van der Waals surface area contributed by atoms with Gasteiger partial charge in [0, 0.05) is 0 Å². The van der Waals surface area contributed by atoms with Crippen LogP contribution in [0.15, 0.2) is 30.3 Å². The summed E-state index contributed by atoms with van der Waals surface area (Å²) in [4.78, 5) is 0. The Balaban J connectivity index is 0.00000128. The van der Waals surface area contributed by atoms with Crippen molar-refractivity contribution in [2.24, 2.45) is 0 Å². The number of halogens is 1. The lowest BCUT2D eigenvalue weighted by atomic mass is 10.4. The molecule has 4 heteroatoms. The van der Waals surface area contributed by atoms with Crippen LogP contribution in [0.1, 0.15) is 6.42 Å². The Labute approximate surface area is 114 Å². The lowest BCUT2D eigenvalue weighted by Crippen LogP contribution is -3.00. The average molecular weight is 293 g/mol. The van der Waals surface area contributed by atoms with E-state index in [1.165, 1.54) is 17.9 Å². The zero-order valence-electron chi connectivity index (χ0n) is 9.73. The number of thioether (sulfide) groups is 2. The van der Waals surface area contributed by atoms with Gasteiger partial charge in [0.15, 0.2) is 4.32 Å². The van der Waals surface area contributed by atoms with Crippen LogP contribution in [-0.4, -0.2) is 29.2 Å². The van der Waals surface area contributed by atoms with E-state index in [4.69, 9.17) is 0 Å². The molecule has 1 aromatic carbocycles. The van der Waals surface area contributed by atoms with Crippen LogP contribution in [0.2, 0.25) is 0 Å². The Hall–Kier alpha value is 0.640. The van der Waals surface area contributed by atoms with Gasteiger partial charge in [-0.15, -0.1) is 23.5 Å². The summed E-state index contributed by atoms with van der Waals surface area (Å²) in [5.41, 5.74) is 0. The maximum absolute atomic E-state index is 2.48. The van der Waals surface area contributed by atoms with Gasteiger partial charge in [-0.2, -0.15) is 0 Å². The van der Waals surface area contributed by atoms with E-state index in [1.807, 2.05) is 0 Å². The predicted octanol–water partition coefficient (Wildman–Crippen LogP) is 0.747. The van der Waals surface area contributed by atoms with Gasteiger partial charge in [-0.3, -0.25) is 0 Å². The van der Waals surface area contributed by atoms with Gasteiger partial charge in [0.1, 0.15) is 0 Å². The molecule has 1 fully saturated rings. The molecule has 0 aliphatic carbocycles. The number of rotatable bonds is 2. The first-order valence-corrected chi connectivity index (χ1v) is 10.2. The third kappa shape index (κ3) is 3.32. The highest BCUT2D eigenvalue weighted by Crippen LogP contribution is 2.64. The van der Waals surface area contributed by atoms with Crippen LogP contribution in [0.25, 0.3) is 0 Å². The SMILES string of the molecule is C[P+](C)(c1ccccc1)C1SCCCS1.[Cl-]. The molecule has 0 saturated carbocycles.